The first-order valence-electron chi connectivity index (χ1n) is 18.4. The van der Waals surface area contributed by atoms with Gasteiger partial charge in [0.2, 0.25) is 29.0 Å². The number of imide groups is 2. The van der Waals surface area contributed by atoms with E-state index in [0.29, 0.717) is 54.1 Å². The molecule has 2 fully saturated rings. The van der Waals surface area contributed by atoms with Gasteiger partial charge in [0, 0.05) is 31.7 Å². The van der Waals surface area contributed by atoms with E-state index >= 15 is 0 Å². The smallest absolute Gasteiger partial charge is 0.411 e. The monoisotopic (exact) mass is 848 g/mol. The van der Waals surface area contributed by atoms with Crippen molar-refractivity contribution in [1.82, 2.24) is 4.90 Å². The van der Waals surface area contributed by atoms with Gasteiger partial charge in [0.25, 0.3) is 0 Å². The van der Waals surface area contributed by atoms with E-state index in [1.165, 1.54) is 11.9 Å². The van der Waals surface area contributed by atoms with E-state index in [1.54, 1.807) is 0 Å². The third-order valence-corrected chi connectivity index (χ3v) is 22.0. The minimum atomic E-state index is -5.99. The normalized spacial score (nSPS) is 19.2. The molecular formula is C37H50F6N2O8Si3. The summed E-state index contributed by atoms with van der Waals surface area (Å²) < 4.78 is 102. The molecule has 2 aliphatic rings. The van der Waals surface area contributed by atoms with Crippen molar-refractivity contribution >= 4 is 54.5 Å². The van der Waals surface area contributed by atoms with Gasteiger partial charge >= 0.3 is 20.9 Å². The fourth-order valence-electron chi connectivity index (χ4n) is 8.04. The molecule has 0 spiro atoms. The molecule has 2 saturated heterocycles. The summed E-state index contributed by atoms with van der Waals surface area (Å²) in [5, 5.41) is 20.5. The number of amides is 4. The number of rotatable bonds is 15. The lowest BCUT2D eigenvalue weighted by Crippen LogP contribution is -2.54. The molecule has 0 saturated carbocycles. The third-order valence-electron chi connectivity index (χ3n) is 10.6. The van der Waals surface area contributed by atoms with Gasteiger partial charge in [-0.05, 0) is 106 Å². The van der Waals surface area contributed by atoms with Crippen LogP contribution in [0.1, 0.15) is 55.2 Å². The summed E-state index contributed by atoms with van der Waals surface area (Å²) in [6, 6.07) is 4.57. The zero-order valence-electron chi connectivity index (χ0n) is 32.8. The van der Waals surface area contributed by atoms with Crippen LogP contribution in [-0.2, 0) is 32.8 Å². The number of carbonyl (C=O) groups excluding carboxylic acids is 4. The van der Waals surface area contributed by atoms with Gasteiger partial charge in [0.15, 0.2) is 16.6 Å². The molecule has 2 atom stereocenters. The highest BCUT2D eigenvalue weighted by molar-refractivity contribution is 6.87. The Balaban J connectivity index is 1.44. The van der Waals surface area contributed by atoms with Crippen LogP contribution in [0.15, 0.2) is 36.4 Å². The van der Waals surface area contributed by atoms with Crippen molar-refractivity contribution in [3.8, 4) is 11.5 Å². The van der Waals surface area contributed by atoms with Crippen LogP contribution >= 0.6 is 0 Å². The number of alkyl halides is 6. The number of likely N-dealkylation sites (tertiary alicyclic amines) is 1. The Hall–Kier alpha value is -3.53. The second kappa shape index (κ2) is 16.0. The summed E-state index contributed by atoms with van der Waals surface area (Å²) in [6.45, 7) is 13.2. The highest BCUT2D eigenvalue weighted by atomic mass is 28.5. The van der Waals surface area contributed by atoms with Crippen LogP contribution < -0.4 is 4.90 Å². The van der Waals surface area contributed by atoms with Gasteiger partial charge in [-0.25, -0.2) is 4.90 Å². The molecule has 4 amide bonds. The number of nitrogens with zero attached hydrogens (tertiary/aromatic N) is 2. The number of carbonyl (C=O) groups is 4. The molecule has 19 heteroatoms. The number of hydrogen-bond donors (Lipinski definition) is 2. The Labute approximate surface area is 325 Å². The number of phenols is 2. The van der Waals surface area contributed by atoms with E-state index in [0.717, 1.165) is 25.5 Å². The topological polar surface area (TPSA) is 134 Å². The van der Waals surface area contributed by atoms with Crippen LogP contribution in [-0.4, -0.2) is 83.3 Å². The van der Waals surface area contributed by atoms with Crippen molar-refractivity contribution in [2.75, 3.05) is 11.9 Å². The van der Waals surface area contributed by atoms with Crippen LogP contribution in [0.25, 0.3) is 0 Å². The second-order valence-electron chi connectivity index (χ2n) is 16.5. The van der Waals surface area contributed by atoms with E-state index in [1.807, 2.05) is 26.2 Å². The van der Waals surface area contributed by atoms with Crippen LogP contribution in [0.2, 0.25) is 51.4 Å². The molecule has 4 rings (SSSR count). The van der Waals surface area contributed by atoms with Crippen molar-refractivity contribution < 1.29 is 64.0 Å². The molecule has 10 nitrogen and oxygen atoms in total. The summed E-state index contributed by atoms with van der Waals surface area (Å²) in [5.41, 5.74) is -8.31. The van der Waals surface area contributed by atoms with Gasteiger partial charge in [-0.15, -0.1) is 0 Å². The van der Waals surface area contributed by atoms with Gasteiger partial charge < -0.3 is 18.4 Å². The van der Waals surface area contributed by atoms with Crippen LogP contribution in [0.5, 0.6) is 11.5 Å². The second-order valence-corrected chi connectivity index (χ2v) is 29.0. The van der Waals surface area contributed by atoms with Gasteiger partial charge in [0.05, 0.1) is 5.69 Å². The van der Waals surface area contributed by atoms with Gasteiger partial charge in [-0.2, -0.15) is 26.3 Å². The highest BCUT2D eigenvalue weighted by Crippen LogP contribution is 2.57. The average molecular weight is 849 g/mol. The SMILES string of the molecule is Cc1cc(C(c2ccc(O)c(N3C(=O)CC(CCC[Si](C)(C)O[Si](C)(C)O[Si](C)(C)CCCC4CC(=O)N(C)C4=O)C3=O)c2)(C(F)(F)F)C(F)(F)F)ccc1O. The Morgan fingerprint density at radius 3 is 1.59 bits per heavy atom. The van der Waals surface area contributed by atoms with Crippen molar-refractivity contribution in [3.05, 3.63) is 53.1 Å². The van der Waals surface area contributed by atoms with Crippen LogP contribution in [0.3, 0.4) is 0 Å². The minimum Gasteiger partial charge on any atom is -0.508 e. The first kappa shape index (κ1) is 45.2. The summed E-state index contributed by atoms with van der Waals surface area (Å²) >= 11 is 0. The first-order chi connectivity index (χ1) is 25.5. The number of aryl methyl sites for hydroxylation is 1. The molecule has 0 aromatic heterocycles. The molecule has 0 radical (unpaired) electrons. The number of aromatic hydroxyl groups is 2. The lowest BCUT2D eigenvalue weighted by molar-refractivity contribution is -0.288. The average Bonchev–Trinajstić information content (AvgIpc) is 3.44. The standard InChI is InChI=1S/C37H50F6N2O8Si3/c1-23-19-26(13-15-29(23)46)35(36(38,39)40,37(41,42)43)27-14-16-30(47)28(22-27)45-32(49)21-25(34(45)51)12-10-18-55(5,6)53-56(7,8)52-54(3,4)17-9-11-24-20-31(48)44(2)33(24)50/h13-16,19,22,24-25,46-47H,9-12,17-18,20-21H2,1-8H3. The molecule has 2 unspecified atom stereocenters. The summed E-state index contributed by atoms with van der Waals surface area (Å²) in [5.74, 6) is -4.67. The predicted molar refractivity (Wildman–Crippen MR) is 203 cm³/mol. The summed E-state index contributed by atoms with van der Waals surface area (Å²) in [4.78, 5) is 52.6. The number of hydrogen-bond acceptors (Lipinski definition) is 8. The summed E-state index contributed by atoms with van der Waals surface area (Å²) in [6.07, 6.45) is -10.1. The van der Waals surface area contributed by atoms with E-state index in [4.69, 9.17) is 8.23 Å². The van der Waals surface area contributed by atoms with E-state index in [9.17, 15) is 55.7 Å². The molecule has 2 aliphatic heterocycles. The Bertz CT molecular complexity index is 1840. The van der Waals surface area contributed by atoms with Gasteiger partial charge in [-0.1, -0.05) is 31.0 Å². The van der Waals surface area contributed by atoms with E-state index in [2.05, 4.69) is 13.1 Å². The highest BCUT2D eigenvalue weighted by Gasteiger charge is 2.72. The lowest BCUT2D eigenvalue weighted by Gasteiger charge is -2.39. The van der Waals surface area contributed by atoms with E-state index < -0.39 is 89.0 Å². The van der Waals surface area contributed by atoms with Crippen molar-refractivity contribution in [2.24, 2.45) is 11.8 Å². The minimum absolute atomic E-state index is 0.153. The lowest BCUT2D eigenvalue weighted by atomic mass is 9.72. The molecular weight excluding hydrogens is 799 g/mol. The predicted octanol–water partition coefficient (Wildman–Crippen LogP) is 8.41. The number of phenolic OH excluding ortho intramolecular Hbond substituents is 2. The number of halogens is 6. The van der Waals surface area contributed by atoms with Crippen LogP contribution in [0.4, 0.5) is 32.0 Å². The maximum Gasteiger partial charge on any atom is 0.411 e. The zero-order chi connectivity index (χ0) is 42.4. The Morgan fingerprint density at radius 2 is 1.14 bits per heavy atom. The fourth-order valence-corrected chi connectivity index (χ4v) is 22.2. The Kier molecular flexibility index (Phi) is 12.9. The number of benzene rings is 2. The third kappa shape index (κ3) is 9.43. The van der Waals surface area contributed by atoms with Gasteiger partial charge in [0.1, 0.15) is 11.5 Å². The van der Waals surface area contributed by atoms with Crippen molar-refractivity contribution in [2.45, 2.75) is 115 Å². The molecule has 2 aromatic rings. The molecule has 2 N–H and O–H groups in total. The maximum atomic E-state index is 14.8. The molecule has 56 heavy (non-hydrogen) atoms. The van der Waals surface area contributed by atoms with Gasteiger partial charge in [-0.3, -0.25) is 24.1 Å². The maximum absolute atomic E-state index is 14.8. The fraction of sp³-hybridized carbons (Fsp3) is 0.568. The van der Waals surface area contributed by atoms with Crippen molar-refractivity contribution in [3.63, 3.8) is 0 Å². The zero-order valence-corrected chi connectivity index (χ0v) is 35.8. The molecule has 0 aliphatic carbocycles. The largest absolute Gasteiger partial charge is 0.508 e. The van der Waals surface area contributed by atoms with Crippen molar-refractivity contribution in [1.29, 1.82) is 0 Å². The van der Waals surface area contributed by atoms with Crippen LogP contribution in [0, 0.1) is 18.8 Å². The van der Waals surface area contributed by atoms with E-state index in [-0.39, 0.29) is 42.6 Å². The Morgan fingerprint density at radius 1 is 0.696 bits per heavy atom. The molecule has 2 heterocycles. The quantitative estimate of drug-likeness (QED) is 0.104. The molecule has 2 aromatic carbocycles. The molecule has 0 bridgehead atoms. The first-order valence-corrected chi connectivity index (χ1v) is 27.4. The summed E-state index contributed by atoms with van der Waals surface area (Å²) in [7, 11) is -5.84. The molecule has 310 valence electrons. The number of anilines is 1.